The molecule has 1 unspecified atom stereocenters. The summed E-state index contributed by atoms with van der Waals surface area (Å²) in [6.45, 7) is 9.44. The van der Waals surface area contributed by atoms with Crippen LogP contribution in [0.2, 0.25) is 0 Å². The molecule has 1 aliphatic rings. The standard InChI is InChI=1S/C17H25N7O/c1-10(2)14-20-16(23-22-14)21-15(25)13-6-5-7-24(9-13)17-18-11(3)8-12(4)19-17/h8,10,13H,5-7,9H2,1-4H3,(H2,20,21,22,23,25). The van der Waals surface area contributed by atoms with Crippen LogP contribution in [0, 0.1) is 19.8 Å². The van der Waals surface area contributed by atoms with Gasteiger partial charge in [-0.25, -0.2) is 9.97 Å². The molecule has 2 aromatic heterocycles. The zero-order valence-corrected chi connectivity index (χ0v) is 15.2. The lowest BCUT2D eigenvalue weighted by molar-refractivity contribution is -0.120. The average Bonchev–Trinajstić information content (AvgIpc) is 3.03. The molecule has 1 aliphatic heterocycles. The second-order valence-electron chi connectivity index (χ2n) is 6.92. The number of aromatic nitrogens is 5. The van der Waals surface area contributed by atoms with Crippen molar-refractivity contribution in [3.8, 4) is 0 Å². The predicted molar refractivity (Wildman–Crippen MR) is 95.5 cm³/mol. The molecule has 0 aliphatic carbocycles. The number of piperidine rings is 1. The quantitative estimate of drug-likeness (QED) is 0.883. The van der Waals surface area contributed by atoms with E-state index in [1.165, 1.54) is 0 Å². The van der Waals surface area contributed by atoms with Gasteiger partial charge in [0.2, 0.25) is 17.8 Å². The van der Waals surface area contributed by atoms with Crippen molar-refractivity contribution in [2.75, 3.05) is 23.3 Å². The van der Waals surface area contributed by atoms with Crippen LogP contribution < -0.4 is 10.2 Å². The molecular formula is C17H25N7O. The maximum atomic E-state index is 12.6. The molecule has 1 saturated heterocycles. The van der Waals surface area contributed by atoms with E-state index in [1.807, 2.05) is 33.8 Å². The van der Waals surface area contributed by atoms with Crippen molar-refractivity contribution in [3.05, 3.63) is 23.3 Å². The largest absolute Gasteiger partial charge is 0.340 e. The first-order valence-corrected chi connectivity index (χ1v) is 8.72. The van der Waals surface area contributed by atoms with Gasteiger partial charge in [0.1, 0.15) is 5.82 Å². The normalized spacial score (nSPS) is 17.8. The first-order valence-electron chi connectivity index (χ1n) is 8.72. The van der Waals surface area contributed by atoms with Crippen LogP contribution >= 0.6 is 0 Å². The number of anilines is 2. The summed E-state index contributed by atoms with van der Waals surface area (Å²) in [5, 5.41) is 9.74. The summed E-state index contributed by atoms with van der Waals surface area (Å²) in [5.41, 5.74) is 1.88. The van der Waals surface area contributed by atoms with Crippen molar-refractivity contribution < 1.29 is 4.79 Å². The van der Waals surface area contributed by atoms with Crippen molar-refractivity contribution in [3.63, 3.8) is 0 Å². The molecule has 0 radical (unpaired) electrons. The fourth-order valence-electron chi connectivity index (χ4n) is 3.02. The van der Waals surface area contributed by atoms with Gasteiger partial charge in [0.25, 0.3) is 0 Å². The molecule has 3 rings (SSSR count). The van der Waals surface area contributed by atoms with E-state index >= 15 is 0 Å². The molecule has 134 valence electrons. The van der Waals surface area contributed by atoms with Crippen LogP contribution in [-0.2, 0) is 4.79 Å². The molecule has 0 bridgehead atoms. The molecule has 25 heavy (non-hydrogen) atoms. The van der Waals surface area contributed by atoms with Gasteiger partial charge >= 0.3 is 0 Å². The zero-order chi connectivity index (χ0) is 18.0. The van der Waals surface area contributed by atoms with E-state index < -0.39 is 0 Å². The fourth-order valence-corrected chi connectivity index (χ4v) is 3.02. The highest BCUT2D eigenvalue weighted by atomic mass is 16.2. The monoisotopic (exact) mass is 343 g/mol. The van der Waals surface area contributed by atoms with Crippen molar-refractivity contribution in [2.24, 2.45) is 5.92 Å². The number of H-pyrrole nitrogens is 1. The van der Waals surface area contributed by atoms with Crippen LogP contribution in [0.3, 0.4) is 0 Å². The Morgan fingerprint density at radius 2 is 2.00 bits per heavy atom. The lowest BCUT2D eigenvalue weighted by atomic mass is 9.97. The van der Waals surface area contributed by atoms with E-state index in [0.717, 1.165) is 36.6 Å². The van der Waals surface area contributed by atoms with Crippen molar-refractivity contribution >= 4 is 17.8 Å². The highest BCUT2D eigenvalue weighted by Crippen LogP contribution is 2.22. The van der Waals surface area contributed by atoms with Crippen LogP contribution in [0.25, 0.3) is 0 Å². The van der Waals surface area contributed by atoms with E-state index in [0.29, 0.717) is 18.4 Å². The highest BCUT2D eigenvalue weighted by molar-refractivity contribution is 5.91. The third kappa shape index (κ3) is 4.12. The molecule has 2 N–H and O–H groups in total. The lowest BCUT2D eigenvalue weighted by Gasteiger charge is -2.32. The zero-order valence-electron chi connectivity index (χ0n) is 15.2. The Kier molecular flexibility index (Phi) is 4.96. The number of hydrogen-bond donors (Lipinski definition) is 2. The molecule has 1 fully saturated rings. The van der Waals surface area contributed by atoms with Gasteiger partial charge in [-0.1, -0.05) is 13.8 Å². The van der Waals surface area contributed by atoms with Gasteiger partial charge in [-0.3, -0.25) is 15.2 Å². The Morgan fingerprint density at radius 1 is 1.28 bits per heavy atom. The minimum Gasteiger partial charge on any atom is -0.340 e. The number of hydrogen-bond acceptors (Lipinski definition) is 6. The number of amides is 1. The number of nitrogens with zero attached hydrogens (tertiary/aromatic N) is 5. The van der Waals surface area contributed by atoms with Gasteiger partial charge in [-0.05, 0) is 32.8 Å². The van der Waals surface area contributed by atoms with Crippen LogP contribution in [-0.4, -0.2) is 44.1 Å². The number of nitrogens with one attached hydrogen (secondary N) is 2. The van der Waals surface area contributed by atoms with Gasteiger partial charge in [-0.15, -0.1) is 5.10 Å². The smallest absolute Gasteiger partial charge is 0.248 e. The maximum absolute atomic E-state index is 12.6. The molecule has 0 spiro atoms. The fraction of sp³-hybridized carbons (Fsp3) is 0.588. The summed E-state index contributed by atoms with van der Waals surface area (Å²) in [5.74, 6) is 1.88. The number of carbonyl (C=O) groups is 1. The number of aryl methyl sites for hydroxylation is 2. The van der Waals surface area contributed by atoms with Crippen LogP contribution in [0.4, 0.5) is 11.9 Å². The number of aromatic amines is 1. The molecular weight excluding hydrogens is 318 g/mol. The van der Waals surface area contributed by atoms with Gasteiger partial charge in [0.05, 0.1) is 5.92 Å². The Balaban J connectivity index is 1.66. The second-order valence-corrected chi connectivity index (χ2v) is 6.92. The van der Waals surface area contributed by atoms with Gasteiger partial charge in [0, 0.05) is 30.4 Å². The Labute approximate surface area is 147 Å². The summed E-state index contributed by atoms with van der Waals surface area (Å²) in [6, 6.07) is 1.95. The minimum absolute atomic E-state index is 0.0524. The van der Waals surface area contributed by atoms with Crippen LogP contribution in [0.15, 0.2) is 6.07 Å². The lowest BCUT2D eigenvalue weighted by Crippen LogP contribution is -2.41. The van der Waals surface area contributed by atoms with Crippen LogP contribution in [0.5, 0.6) is 0 Å². The summed E-state index contributed by atoms with van der Waals surface area (Å²) in [6.07, 6.45) is 1.77. The number of carbonyl (C=O) groups excluding carboxylic acids is 1. The maximum Gasteiger partial charge on any atom is 0.248 e. The molecule has 1 amide bonds. The predicted octanol–water partition coefficient (Wildman–Crippen LogP) is 2.19. The Bertz CT molecular complexity index is 735. The number of rotatable bonds is 4. The topological polar surface area (TPSA) is 99.7 Å². The van der Waals surface area contributed by atoms with E-state index in [1.54, 1.807) is 0 Å². The third-order valence-corrected chi connectivity index (χ3v) is 4.33. The first-order chi connectivity index (χ1) is 11.9. The van der Waals surface area contributed by atoms with Gasteiger partial charge < -0.3 is 4.90 Å². The second kappa shape index (κ2) is 7.16. The molecule has 3 heterocycles. The molecule has 8 heteroatoms. The molecule has 1 atom stereocenters. The van der Waals surface area contributed by atoms with Crippen molar-refractivity contribution in [1.29, 1.82) is 0 Å². The third-order valence-electron chi connectivity index (χ3n) is 4.33. The first kappa shape index (κ1) is 17.3. The summed E-state index contributed by atoms with van der Waals surface area (Å²) < 4.78 is 0. The summed E-state index contributed by atoms with van der Waals surface area (Å²) in [4.78, 5) is 28.0. The summed E-state index contributed by atoms with van der Waals surface area (Å²) >= 11 is 0. The minimum atomic E-state index is -0.126. The molecule has 0 saturated carbocycles. The van der Waals surface area contributed by atoms with Crippen molar-refractivity contribution in [2.45, 2.75) is 46.5 Å². The van der Waals surface area contributed by atoms with E-state index in [-0.39, 0.29) is 17.7 Å². The Hall–Kier alpha value is -2.51. The summed E-state index contributed by atoms with van der Waals surface area (Å²) in [7, 11) is 0. The van der Waals surface area contributed by atoms with Crippen LogP contribution in [0.1, 0.15) is 49.8 Å². The van der Waals surface area contributed by atoms with Gasteiger partial charge in [0.15, 0.2) is 0 Å². The van der Waals surface area contributed by atoms with Crippen molar-refractivity contribution in [1.82, 2.24) is 25.1 Å². The molecule has 0 aromatic carbocycles. The molecule has 8 nitrogen and oxygen atoms in total. The SMILES string of the molecule is Cc1cc(C)nc(N2CCCC(C(=O)Nc3n[nH]c(C(C)C)n3)C2)n1. The Morgan fingerprint density at radius 3 is 2.64 bits per heavy atom. The average molecular weight is 343 g/mol. The molecule has 2 aromatic rings. The highest BCUT2D eigenvalue weighted by Gasteiger charge is 2.28. The van der Waals surface area contributed by atoms with E-state index in [2.05, 4.69) is 35.4 Å². The van der Waals surface area contributed by atoms with E-state index in [9.17, 15) is 4.79 Å². The van der Waals surface area contributed by atoms with Gasteiger partial charge in [-0.2, -0.15) is 4.98 Å². The van der Waals surface area contributed by atoms with E-state index in [4.69, 9.17) is 0 Å².